The topological polar surface area (TPSA) is 51.3 Å². The van der Waals surface area contributed by atoms with Gasteiger partial charge in [0.2, 0.25) is 0 Å². The summed E-state index contributed by atoms with van der Waals surface area (Å²) in [6.45, 7) is 12.0. The Balaban J connectivity index is 2.28. The molecule has 2 rings (SSSR count). The standard InChI is InChI=1S/C16H27N3O/c1-10(2)19-12(4)7-15(13(19)5)16(20)18-9-14(8-17)6-11(18)3/h7,10-11,14H,6,8-9,17H2,1-5H3. The van der Waals surface area contributed by atoms with Crippen LogP contribution in [0.2, 0.25) is 0 Å². The molecule has 1 aromatic heterocycles. The summed E-state index contributed by atoms with van der Waals surface area (Å²) in [7, 11) is 0. The molecule has 2 heterocycles. The lowest BCUT2D eigenvalue weighted by Gasteiger charge is -2.22. The number of nitrogens with two attached hydrogens (primary N) is 1. The van der Waals surface area contributed by atoms with Crippen LogP contribution in [0.3, 0.4) is 0 Å². The molecule has 0 aromatic carbocycles. The summed E-state index contributed by atoms with van der Waals surface area (Å²) in [4.78, 5) is 14.8. The lowest BCUT2D eigenvalue weighted by molar-refractivity contribution is 0.0742. The molecule has 0 radical (unpaired) electrons. The summed E-state index contributed by atoms with van der Waals surface area (Å²) < 4.78 is 2.23. The summed E-state index contributed by atoms with van der Waals surface area (Å²) >= 11 is 0. The van der Waals surface area contributed by atoms with Crippen LogP contribution in [0.1, 0.15) is 55.0 Å². The number of likely N-dealkylation sites (tertiary alicyclic amines) is 1. The summed E-state index contributed by atoms with van der Waals surface area (Å²) in [5.41, 5.74) is 8.83. The van der Waals surface area contributed by atoms with Crippen LogP contribution in [0.25, 0.3) is 0 Å². The van der Waals surface area contributed by atoms with E-state index in [9.17, 15) is 4.79 Å². The maximum Gasteiger partial charge on any atom is 0.255 e. The minimum Gasteiger partial charge on any atom is -0.346 e. The number of nitrogens with zero attached hydrogens (tertiary/aromatic N) is 2. The Morgan fingerprint density at radius 3 is 2.55 bits per heavy atom. The fourth-order valence-corrected chi connectivity index (χ4v) is 3.54. The highest BCUT2D eigenvalue weighted by atomic mass is 16.2. The largest absolute Gasteiger partial charge is 0.346 e. The van der Waals surface area contributed by atoms with E-state index in [4.69, 9.17) is 5.73 Å². The van der Waals surface area contributed by atoms with Gasteiger partial charge < -0.3 is 15.2 Å². The van der Waals surface area contributed by atoms with Gasteiger partial charge in [-0.15, -0.1) is 0 Å². The molecule has 0 bridgehead atoms. The van der Waals surface area contributed by atoms with Crippen LogP contribution in [0.5, 0.6) is 0 Å². The van der Waals surface area contributed by atoms with Crippen molar-refractivity contribution in [2.24, 2.45) is 11.7 Å². The van der Waals surface area contributed by atoms with Crippen LogP contribution >= 0.6 is 0 Å². The molecule has 2 unspecified atom stereocenters. The monoisotopic (exact) mass is 277 g/mol. The molecular weight excluding hydrogens is 250 g/mol. The maximum absolute atomic E-state index is 12.8. The third-order valence-electron chi connectivity index (χ3n) is 4.49. The fraction of sp³-hybridized carbons (Fsp3) is 0.688. The smallest absolute Gasteiger partial charge is 0.255 e. The Morgan fingerprint density at radius 1 is 1.45 bits per heavy atom. The molecule has 112 valence electrons. The lowest BCUT2D eigenvalue weighted by Crippen LogP contribution is -2.34. The van der Waals surface area contributed by atoms with Crippen LogP contribution in [-0.2, 0) is 0 Å². The van der Waals surface area contributed by atoms with E-state index in [-0.39, 0.29) is 11.9 Å². The number of hydrogen-bond donors (Lipinski definition) is 1. The predicted molar refractivity (Wildman–Crippen MR) is 82.0 cm³/mol. The highest BCUT2D eigenvalue weighted by molar-refractivity contribution is 5.96. The molecule has 0 spiro atoms. The molecule has 4 nitrogen and oxygen atoms in total. The summed E-state index contributed by atoms with van der Waals surface area (Å²) in [6.07, 6.45) is 1.02. The lowest BCUT2D eigenvalue weighted by atomic mass is 10.1. The van der Waals surface area contributed by atoms with E-state index in [1.165, 1.54) is 0 Å². The maximum atomic E-state index is 12.8. The third kappa shape index (κ3) is 2.49. The average Bonchev–Trinajstić information content (AvgIpc) is 2.89. The second kappa shape index (κ2) is 5.60. The molecule has 0 saturated carbocycles. The highest BCUT2D eigenvalue weighted by Gasteiger charge is 2.33. The van der Waals surface area contributed by atoms with Gasteiger partial charge in [0.05, 0.1) is 5.56 Å². The molecule has 1 aromatic rings. The van der Waals surface area contributed by atoms with E-state index in [1.807, 2.05) is 17.9 Å². The van der Waals surface area contributed by atoms with E-state index >= 15 is 0 Å². The van der Waals surface area contributed by atoms with Gasteiger partial charge in [-0.25, -0.2) is 0 Å². The Kier molecular flexibility index (Phi) is 4.23. The van der Waals surface area contributed by atoms with E-state index in [2.05, 4.69) is 32.3 Å². The number of amides is 1. The van der Waals surface area contributed by atoms with Gasteiger partial charge >= 0.3 is 0 Å². The van der Waals surface area contributed by atoms with E-state index in [1.54, 1.807) is 0 Å². The van der Waals surface area contributed by atoms with E-state index < -0.39 is 0 Å². The van der Waals surface area contributed by atoms with Gasteiger partial charge in [-0.3, -0.25) is 4.79 Å². The summed E-state index contributed by atoms with van der Waals surface area (Å²) in [5, 5.41) is 0. The molecule has 1 fully saturated rings. The van der Waals surface area contributed by atoms with Crippen molar-refractivity contribution in [1.29, 1.82) is 0 Å². The molecular formula is C16H27N3O. The van der Waals surface area contributed by atoms with Crippen LogP contribution in [0.4, 0.5) is 0 Å². The zero-order valence-corrected chi connectivity index (χ0v) is 13.3. The molecule has 20 heavy (non-hydrogen) atoms. The van der Waals surface area contributed by atoms with Crippen molar-refractivity contribution in [1.82, 2.24) is 9.47 Å². The van der Waals surface area contributed by atoms with E-state index in [0.717, 1.165) is 29.9 Å². The van der Waals surface area contributed by atoms with Crippen LogP contribution < -0.4 is 5.73 Å². The van der Waals surface area contributed by atoms with Crippen molar-refractivity contribution in [3.05, 3.63) is 23.0 Å². The van der Waals surface area contributed by atoms with Crippen LogP contribution in [0.15, 0.2) is 6.07 Å². The Hall–Kier alpha value is -1.29. The quantitative estimate of drug-likeness (QED) is 0.923. The first-order valence-corrected chi connectivity index (χ1v) is 7.56. The predicted octanol–water partition coefficient (Wildman–Crippen LogP) is 2.50. The first kappa shape index (κ1) is 15.1. The minimum atomic E-state index is 0.161. The Bertz CT molecular complexity index is 504. The zero-order chi connectivity index (χ0) is 15.0. The fourth-order valence-electron chi connectivity index (χ4n) is 3.54. The van der Waals surface area contributed by atoms with Gasteiger partial charge in [0.15, 0.2) is 0 Å². The normalized spacial score (nSPS) is 22.9. The molecule has 1 amide bonds. The summed E-state index contributed by atoms with van der Waals surface area (Å²) in [6, 6.07) is 2.70. The van der Waals surface area contributed by atoms with Gasteiger partial charge in [-0.1, -0.05) is 0 Å². The molecule has 2 atom stereocenters. The van der Waals surface area contributed by atoms with Gasteiger partial charge in [-0.05, 0) is 59.6 Å². The number of carbonyl (C=O) groups is 1. The molecule has 4 heteroatoms. The number of rotatable bonds is 3. The number of aryl methyl sites for hydroxylation is 1. The molecule has 2 N–H and O–H groups in total. The zero-order valence-electron chi connectivity index (χ0n) is 13.3. The molecule has 1 aliphatic rings. The van der Waals surface area contributed by atoms with Crippen molar-refractivity contribution >= 4 is 5.91 Å². The number of hydrogen-bond acceptors (Lipinski definition) is 2. The average molecular weight is 277 g/mol. The van der Waals surface area contributed by atoms with Crippen molar-refractivity contribution < 1.29 is 4.79 Å². The minimum absolute atomic E-state index is 0.161. The first-order chi connectivity index (χ1) is 9.36. The molecule has 1 aliphatic heterocycles. The summed E-state index contributed by atoms with van der Waals surface area (Å²) in [5.74, 6) is 0.607. The molecule has 1 saturated heterocycles. The Labute approximate surface area is 121 Å². The van der Waals surface area contributed by atoms with Gasteiger partial charge in [-0.2, -0.15) is 0 Å². The van der Waals surface area contributed by atoms with Crippen LogP contribution in [-0.4, -0.2) is 34.5 Å². The Morgan fingerprint density at radius 2 is 2.10 bits per heavy atom. The van der Waals surface area contributed by atoms with Crippen molar-refractivity contribution in [3.63, 3.8) is 0 Å². The number of carbonyl (C=O) groups excluding carboxylic acids is 1. The van der Waals surface area contributed by atoms with Gasteiger partial charge in [0.1, 0.15) is 0 Å². The van der Waals surface area contributed by atoms with Crippen molar-refractivity contribution in [3.8, 4) is 0 Å². The molecule has 0 aliphatic carbocycles. The van der Waals surface area contributed by atoms with Crippen molar-refractivity contribution in [2.45, 2.75) is 53.1 Å². The third-order valence-corrected chi connectivity index (χ3v) is 4.49. The second-order valence-corrected chi connectivity index (χ2v) is 6.39. The SMILES string of the molecule is Cc1cc(C(=O)N2CC(CN)CC2C)c(C)n1C(C)C. The second-order valence-electron chi connectivity index (χ2n) is 6.39. The van der Waals surface area contributed by atoms with Gasteiger partial charge in [0, 0.05) is 30.0 Å². The van der Waals surface area contributed by atoms with Crippen molar-refractivity contribution in [2.75, 3.05) is 13.1 Å². The first-order valence-electron chi connectivity index (χ1n) is 7.56. The van der Waals surface area contributed by atoms with E-state index in [0.29, 0.717) is 18.5 Å². The highest BCUT2D eigenvalue weighted by Crippen LogP contribution is 2.27. The number of aromatic nitrogens is 1. The van der Waals surface area contributed by atoms with Crippen LogP contribution in [0, 0.1) is 19.8 Å². The van der Waals surface area contributed by atoms with Gasteiger partial charge in [0.25, 0.3) is 5.91 Å².